The Bertz CT molecular complexity index is 1430. The number of Topliss-reactive ketones (excluding diaryl/α,β-unsaturated/α-hetero) is 3. The van der Waals surface area contributed by atoms with Crippen molar-refractivity contribution in [3.8, 4) is 5.75 Å². The molecule has 1 aliphatic rings. The smallest absolute Gasteiger partial charge is 0.174 e. The van der Waals surface area contributed by atoms with Gasteiger partial charge in [0.1, 0.15) is 11.9 Å². The molecule has 0 bridgehead atoms. The fourth-order valence-electron chi connectivity index (χ4n) is 4.87. The number of ketones is 3. The van der Waals surface area contributed by atoms with Gasteiger partial charge in [0.05, 0.1) is 17.4 Å². The molecule has 37 heavy (non-hydrogen) atoms. The minimum atomic E-state index is -1.27. The molecule has 0 spiro atoms. The van der Waals surface area contributed by atoms with Crippen LogP contribution in [-0.4, -0.2) is 31.4 Å². The molecular formula is C32H27NO4. The second kappa shape index (κ2) is 10.2. The second-order valence-electron chi connectivity index (χ2n) is 9.35. The molecule has 0 N–H and O–H groups in total. The number of rotatable bonds is 7. The monoisotopic (exact) mass is 489 g/mol. The van der Waals surface area contributed by atoms with Gasteiger partial charge in [0.25, 0.3) is 0 Å². The van der Waals surface area contributed by atoms with E-state index in [1.54, 1.807) is 60.7 Å². The van der Waals surface area contributed by atoms with E-state index in [9.17, 15) is 14.4 Å². The number of hydrogen-bond acceptors (Lipinski definition) is 5. The number of hydrogen-bond donors (Lipinski definition) is 0. The van der Waals surface area contributed by atoms with Crippen LogP contribution < -0.4 is 9.64 Å². The molecule has 4 aromatic carbocycles. The van der Waals surface area contributed by atoms with Crippen molar-refractivity contribution in [2.45, 2.75) is 6.10 Å². The maximum absolute atomic E-state index is 14.1. The highest BCUT2D eigenvalue weighted by atomic mass is 16.5. The van der Waals surface area contributed by atoms with Gasteiger partial charge >= 0.3 is 0 Å². The average Bonchev–Trinajstić information content (AvgIpc) is 2.95. The molecular weight excluding hydrogens is 462 g/mol. The zero-order valence-electron chi connectivity index (χ0n) is 20.7. The molecule has 5 rings (SSSR count). The Morgan fingerprint density at radius 3 is 1.86 bits per heavy atom. The Morgan fingerprint density at radius 1 is 0.703 bits per heavy atom. The van der Waals surface area contributed by atoms with Gasteiger partial charge in [0, 0.05) is 30.9 Å². The normalized spacial score (nSPS) is 17.3. The third kappa shape index (κ3) is 4.68. The second-order valence-corrected chi connectivity index (χ2v) is 9.35. The molecule has 184 valence electrons. The summed E-state index contributed by atoms with van der Waals surface area (Å²) in [5.41, 5.74) is 2.79. The average molecular weight is 490 g/mol. The molecule has 0 fully saturated rings. The largest absolute Gasteiger partial charge is 0.484 e. The van der Waals surface area contributed by atoms with E-state index in [2.05, 4.69) is 0 Å². The number of carbonyl (C=O) groups excluding carboxylic acids is 3. The zero-order chi connectivity index (χ0) is 25.9. The first-order valence-corrected chi connectivity index (χ1v) is 12.2. The maximum atomic E-state index is 14.1. The van der Waals surface area contributed by atoms with E-state index in [1.807, 2.05) is 67.5 Å². The molecule has 5 nitrogen and oxygen atoms in total. The number of fused-ring (bicyclic) bond motifs is 1. The quantitative estimate of drug-likeness (QED) is 0.233. The number of nitrogens with zero attached hydrogens (tertiary/aromatic N) is 1. The van der Waals surface area contributed by atoms with E-state index in [0.29, 0.717) is 22.4 Å². The van der Waals surface area contributed by atoms with Gasteiger partial charge in [0.2, 0.25) is 0 Å². The van der Waals surface area contributed by atoms with E-state index in [-0.39, 0.29) is 5.78 Å². The van der Waals surface area contributed by atoms with Crippen molar-refractivity contribution in [2.75, 3.05) is 19.0 Å². The summed E-state index contributed by atoms with van der Waals surface area (Å²) in [6.45, 7) is 0. The lowest BCUT2D eigenvalue weighted by atomic mass is 9.71. The maximum Gasteiger partial charge on any atom is 0.174 e. The molecule has 4 aromatic rings. The molecule has 1 aliphatic heterocycles. The van der Waals surface area contributed by atoms with Gasteiger partial charge in [0.15, 0.2) is 17.3 Å². The number of para-hydroxylation sites is 1. The Morgan fingerprint density at radius 2 is 1.24 bits per heavy atom. The molecule has 3 atom stereocenters. The Labute approximate surface area is 216 Å². The van der Waals surface area contributed by atoms with Crippen LogP contribution in [0.4, 0.5) is 5.69 Å². The van der Waals surface area contributed by atoms with Crippen LogP contribution in [0.25, 0.3) is 0 Å². The highest BCUT2D eigenvalue weighted by Gasteiger charge is 2.48. The van der Waals surface area contributed by atoms with Crippen molar-refractivity contribution in [3.05, 3.63) is 131 Å². The first-order valence-electron chi connectivity index (χ1n) is 12.2. The Kier molecular flexibility index (Phi) is 6.69. The SMILES string of the molecule is CN(C)c1ccc(C(=O)C(C(=O)c2ccccc2)C2C(=O)c3ccccc3OC2c2ccccc2)cc1. The van der Waals surface area contributed by atoms with Gasteiger partial charge in [-0.15, -0.1) is 0 Å². The molecule has 0 aliphatic carbocycles. The van der Waals surface area contributed by atoms with Crippen molar-refractivity contribution in [3.63, 3.8) is 0 Å². The van der Waals surface area contributed by atoms with E-state index in [1.165, 1.54) is 0 Å². The highest BCUT2D eigenvalue weighted by molar-refractivity contribution is 6.20. The van der Waals surface area contributed by atoms with Crippen LogP contribution >= 0.6 is 0 Å². The van der Waals surface area contributed by atoms with Gasteiger partial charge in [-0.05, 0) is 42.0 Å². The number of ether oxygens (including phenoxy) is 1. The standard InChI is InChI=1S/C32H27NO4/c1-33(2)24-19-17-22(18-20-24)30(35)27(29(34)21-11-5-3-6-12-21)28-31(36)25-15-9-10-16-26(25)37-32(28)23-13-7-4-8-14-23/h3-20,27-28,32H,1-2H3. The lowest BCUT2D eigenvalue weighted by Crippen LogP contribution is -2.43. The van der Waals surface area contributed by atoms with Crippen molar-refractivity contribution in [1.29, 1.82) is 0 Å². The summed E-state index contributed by atoms with van der Waals surface area (Å²) in [5, 5.41) is 0. The lowest BCUT2D eigenvalue weighted by Gasteiger charge is -2.36. The molecule has 0 aromatic heterocycles. The molecule has 0 radical (unpaired) electrons. The van der Waals surface area contributed by atoms with E-state index in [0.717, 1.165) is 11.3 Å². The van der Waals surface area contributed by atoms with Crippen LogP contribution in [0.5, 0.6) is 5.75 Å². The van der Waals surface area contributed by atoms with Crippen LogP contribution in [-0.2, 0) is 0 Å². The predicted molar refractivity (Wildman–Crippen MR) is 143 cm³/mol. The zero-order valence-corrected chi connectivity index (χ0v) is 20.7. The van der Waals surface area contributed by atoms with Gasteiger partial charge in [-0.3, -0.25) is 14.4 Å². The van der Waals surface area contributed by atoms with Crippen LogP contribution in [0.3, 0.4) is 0 Å². The topological polar surface area (TPSA) is 63.7 Å². The third-order valence-electron chi connectivity index (χ3n) is 6.81. The fraction of sp³-hybridized carbons (Fsp3) is 0.156. The minimum absolute atomic E-state index is 0.275. The van der Waals surface area contributed by atoms with Crippen molar-refractivity contribution >= 4 is 23.0 Å². The van der Waals surface area contributed by atoms with Gasteiger partial charge in [-0.1, -0.05) is 72.8 Å². The lowest BCUT2D eigenvalue weighted by molar-refractivity contribution is 0.0428. The Hall–Kier alpha value is -4.51. The fourth-order valence-corrected chi connectivity index (χ4v) is 4.87. The number of benzene rings is 4. The van der Waals surface area contributed by atoms with E-state index >= 15 is 0 Å². The minimum Gasteiger partial charge on any atom is -0.484 e. The number of carbonyl (C=O) groups is 3. The van der Waals surface area contributed by atoms with Crippen LogP contribution in [0.1, 0.15) is 42.7 Å². The first-order chi connectivity index (χ1) is 18.0. The summed E-state index contributed by atoms with van der Waals surface area (Å²) in [5.74, 6) is -2.93. The summed E-state index contributed by atoms with van der Waals surface area (Å²) in [6.07, 6.45) is -0.800. The summed E-state index contributed by atoms with van der Waals surface area (Å²) in [7, 11) is 3.83. The first kappa shape index (κ1) is 24.2. The van der Waals surface area contributed by atoms with Gasteiger partial charge < -0.3 is 9.64 Å². The molecule has 0 saturated heterocycles. The van der Waals surface area contributed by atoms with Gasteiger partial charge in [-0.2, -0.15) is 0 Å². The summed E-state index contributed by atoms with van der Waals surface area (Å²) in [6, 6.07) is 32.1. The summed E-state index contributed by atoms with van der Waals surface area (Å²) in [4.78, 5) is 44.2. The third-order valence-corrected chi connectivity index (χ3v) is 6.81. The molecule has 0 amide bonds. The van der Waals surface area contributed by atoms with Gasteiger partial charge in [-0.25, -0.2) is 0 Å². The molecule has 3 unspecified atom stereocenters. The van der Waals surface area contributed by atoms with Crippen molar-refractivity contribution in [2.24, 2.45) is 11.8 Å². The summed E-state index contributed by atoms with van der Waals surface area (Å²) < 4.78 is 6.37. The number of anilines is 1. The van der Waals surface area contributed by atoms with Crippen LogP contribution in [0.15, 0.2) is 109 Å². The van der Waals surface area contributed by atoms with E-state index < -0.39 is 29.5 Å². The van der Waals surface area contributed by atoms with Crippen molar-refractivity contribution < 1.29 is 19.1 Å². The molecule has 0 saturated carbocycles. The molecule has 5 heteroatoms. The van der Waals surface area contributed by atoms with Crippen LogP contribution in [0.2, 0.25) is 0 Å². The Balaban J connectivity index is 1.67. The predicted octanol–water partition coefficient (Wildman–Crippen LogP) is 6.07. The summed E-state index contributed by atoms with van der Waals surface area (Å²) >= 11 is 0. The molecule has 1 heterocycles. The van der Waals surface area contributed by atoms with E-state index in [4.69, 9.17) is 4.74 Å². The van der Waals surface area contributed by atoms with Crippen molar-refractivity contribution in [1.82, 2.24) is 0 Å². The highest BCUT2D eigenvalue weighted by Crippen LogP contribution is 2.43. The van der Waals surface area contributed by atoms with Crippen LogP contribution in [0, 0.1) is 11.8 Å².